The molecule has 100 valence electrons. The van der Waals surface area contributed by atoms with Crippen LogP contribution in [0.2, 0.25) is 0 Å². The van der Waals surface area contributed by atoms with Gasteiger partial charge in [0.05, 0.1) is 6.61 Å². The first-order valence-corrected chi connectivity index (χ1v) is 6.56. The fraction of sp³-hybridized carbons (Fsp3) is 0.833. The zero-order valence-corrected chi connectivity index (χ0v) is 10.4. The van der Waals surface area contributed by atoms with E-state index in [0.29, 0.717) is 25.7 Å². The van der Waals surface area contributed by atoms with Gasteiger partial charge in [0.15, 0.2) is 5.82 Å². The van der Waals surface area contributed by atoms with Crippen molar-refractivity contribution in [3.8, 4) is 0 Å². The number of aromatic nitrogens is 2. The highest BCUT2D eigenvalue weighted by Gasteiger charge is 2.36. The lowest BCUT2D eigenvalue weighted by Gasteiger charge is -2.29. The van der Waals surface area contributed by atoms with Gasteiger partial charge in [0.1, 0.15) is 5.54 Å². The van der Waals surface area contributed by atoms with Crippen LogP contribution in [0.4, 0.5) is 0 Å². The summed E-state index contributed by atoms with van der Waals surface area (Å²) in [6, 6.07) is 0. The lowest BCUT2D eigenvalue weighted by molar-refractivity contribution is 0.0400. The summed E-state index contributed by atoms with van der Waals surface area (Å²) in [7, 11) is 0. The Kier molecular flexibility index (Phi) is 3.32. The third kappa shape index (κ3) is 2.28. The molecule has 0 radical (unpaired) electrons. The van der Waals surface area contributed by atoms with Gasteiger partial charge < -0.3 is 19.7 Å². The third-order valence-corrected chi connectivity index (χ3v) is 3.78. The second-order valence-corrected chi connectivity index (χ2v) is 5.14. The average Bonchev–Trinajstić information content (AvgIpc) is 2.91. The molecule has 1 aromatic heterocycles. The summed E-state index contributed by atoms with van der Waals surface area (Å²) in [4.78, 5) is 4.49. The van der Waals surface area contributed by atoms with Crippen molar-refractivity contribution >= 4 is 0 Å². The van der Waals surface area contributed by atoms with E-state index >= 15 is 0 Å². The van der Waals surface area contributed by atoms with E-state index in [9.17, 15) is 0 Å². The van der Waals surface area contributed by atoms with Crippen molar-refractivity contribution in [2.75, 3.05) is 26.4 Å². The van der Waals surface area contributed by atoms with Crippen LogP contribution in [0.3, 0.4) is 0 Å². The Bertz CT molecular complexity index is 395. The lowest BCUT2D eigenvalue weighted by Crippen LogP contribution is -2.42. The molecule has 6 nitrogen and oxygen atoms in total. The molecular weight excluding hydrogens is 234 g/mol. The molecular formula is C12H19N3O3. The molecule has 3 rings (SSSR count). The zero-order valence-electron chi connectivity index (χ0n) is 10.4. The molecule has 2 fully saturated rings. The van der Waals surface area contributed by atoms with Crippen LogP contribution in [0.15, 0.2) is 4.52 Å². The molecule has 0 bridgehead atoms. The van der Waals surface area contributed by atoms with Crippen LogP contribution in [0.25, 0.3) is 0 Å². The highest BCUT2D eigenvalue weighted by atomic mass is 16.5. The summed E-state index contributed by atoms with van der Waals surface area (Å²) >= 11 is 0. The molecule has 2 N–H and O–H groups in total. The Labute approximate surface area is 106 Å². The van der Waals surface area contributed by atoms with Gasteiger partial charge in [-0.25, -0.2) is 0 Å². The summed E-state index contributed by atoms with van der Waals surface area (Å²) in [6.07, 6.45) is 3.57. The third-order valence-electron chi connectivity index (χ3n) is 3.78. The summed E-state index contributed by atoms with van der Waals surface area (Å²) < 4.78 is 16.1. The quantitative estimate of drug-likeness (QED) is 0.844. The van der Waals surface area contributed by atoms with E-state index < -0.39 is 5.54 Å². The van der Waals surface area contributed by atoms with E-state index in [1.807, 2.05) is 0 Å². The molecule has 0 spiro atoms. The minimum Gasteiger partial charge on any atom is -0.381 e. The van der Waals surface area contributed by atoms with Gasteiger partial charge >= 0.3 is 0 Å². The molecule has 0 aromatic carbocycles. The van der Waals surface area contributed by atoms with Crippen molar-refractivity contribution in [3.05, 3.63) is 11.7 Å². The van der Waals surface area contributed by atoms with Crippen molar-refractivity contribution in [3.63, 3.8) is 0 Å². The summed E-state index contributed by atoms with van der Waals surface area (Å²) in [5, 5.41) is 4.07. The SMILES string of the molecule is NC1(c2nc(C3CCCOC3)no2)CCOCC1. The maximum absolute atomic E-state index is 6.32. The normalized spacial score (nSPS) is 28.2. The van der Waals surface area contributed by atoms with Crippen LogP contribution in [0.1, 0.15) is 43.3 Å². The van der Waals surface area contributed by atoms with Crippen LogP contribution < -0.4 is 5.73 Å². The Morgan fingerprint density at radius 1 is 1.17 bits per heavy atom. The Morgan fingerprint density at radius 2 is 2.00 bits per heavy atom. The van der Waals surface area contributed by atoms with E-state index in [1.165, 1.54) is 0 Å². The zero-order chi connectivity index (χ0) is 12.4. The number of hydrogen-bond acceptors (Lipinski definition) is 6. The Balaban J connectivity index is 1.75. The molecule has 3 heterocycles. The van der Waals surface area contributed by atoms with Crippen molar-refractivity contribution in [1.82, 2.24) is 10.1 Å². The lowest BCUT2D eigenvalue weighted by atomic mass is 9.91. The first-order chi connectivity index (χ1) is 8.78. The Morgan fingerprint density at radius 3 is 2.72 bits per heavy atom. The molecule has 2 aliphatic rings. The monoisotopic (exact) mass is 253 g/mol. The maximum Gasteiger partial charge on any atom is 0.246 e. The van der Waals surface area contributed by atoms with Gasteiger partial charge in [-0.15, -0.1) is 0 Å². The average molecular weight is 253 g/mol. The topological polar surface area (TPSA) is 83.4 Å². The predicted octanol–water partition coefficient (Wildman–Crippen LogP) is 0.928. The van der Waals surface area contributed by atoms with E-state index in [-0.39, 0.29) is 5.92 Å². The van der Waals surface area contributed by atoms with E-state index in [0.717, 1.165) is 38.1 Å². The highest BCUT2D eigenvalue weighted by Crippen LogP contribution is 2.30. The fourth-order valence-electron chi connectivity index (χ4n) is 2.50. The van der Waals surface area contributed by atoms with E-state index in [2.05, 4.69) is 10.1 Å². The molecule has 1 atom stereocenters. The van der Waals surface area contributed by atoms with Gasteiger partial charge in [-0.2, -0.15) is 4.98 Å². The first-order valence-electron chi connectivity index (χ1n) is 6.56. The van der Waals surface area contributed by atoms with Gasteiger partial charge in [-0.05, 0) is 25.7 Å². The molecule has 2 aliphatic heterocycles. The van der Waals surface area contributed by atoms with Crippen molar-refractivity contribution in [1.29, 1.82) is 0 Å². The second-order valence-electron chi connectivity index (χ2n) is 5.14. The van der Waals surface area contributed by atoms with Crippen LogP contribution in [-0.2, 0) is 15.0 Å². The van der Waals surface area contributed by atoms with Gasteiger partial charge in [-0.1, -0.05) is 5.16 Å². The van der Waals surface area contributed by atoms with Crippen LogP contribution in [0.5, 0.6) is 0 Å². The number of nitrogens with zero attached hydrogens (tertiary/aromatic N) is 2. The first kappa shape index (κ1) is 12.1. The molecule has 0 aliphatic carbocycles. The largest absolute Gasteiger partial charge is 0.381 e. The molecule has 6 heteroatoms. The van der Waals surface area contributed by atoms with Gasteiger partial charge in [0.2, 0.25) is 5.89 Å². The number of nitrogens with two attached hydrogens (primary N) is 1. The molecule has 0 saturated carbocycles. The summed E-state index contributed by atoms with van der Waals surface area (Å²) in [5.41, 5.74) is 5.80. The van der Waals surface area contributed by atoms with Crippen LogP contribution in [-0.4, -0.2) is 36.6 Å². The number of hydrogen-bond donors (Lipinski definition) is 1. The smallest absolute Gasteiger partial charge is 0.246 e. The van der Waals surface area contributed by atoms with Crippen molar-refractivity contribution < 1.29 is 14.0 Å². The van der Waals surface area contributed by atoms with Crippen molar-refractivity contribution in [2.24, 2.45) is 5.73 Å². The Hall–Kier alpha value is -0.980. The summed E-state index contributed by atoms with van der Waals surface area (Å²) in [6.45, 7) is 2.82. The van der Waals surface area contributed by atoms with Crippen LogP contribution in [0, 0.1) is 0 Å². The predicted molar refractivity (Wildman–Crippen MR) is 63.0 cm³/mol. The van der Waals surface area contributed by atoms with Crippen molar-refractivity contribution in [2.45, 2.75) is 37.1 Å². The second kappa shape index (κ2) is 4.95. The van der Waals surface area contributed by atoms with E-state index in [1.54, 1.807) is 0 Å². The molecule has 18 heavy (non-hydrogen) atoms. The minimum absolute atomic E-state index is 0.250. The summed E-state index contributed by atoms with van der Waals surface area (Å²) in [5.74, 6) is 1.53. The van der Waals surface area contributed by atoms with Crippen LogP contribution >= 0.6 is 0 Å². The standard InChI is InChI=1S/C12H19N3O3/c13-12(3-6-16-7-4-12)11-14-10(15-18-11)9-2-1-5-17-8-9/h9H,1-8,13H2. The fourth-order valence-corrected chi connectivity index (χ4v) is 2.50. The maximum atomic E-state index is 6.32. The van der Waals surface area contributed by atoms with Gasteiger partial charge in [0, 0.05) is 25.7 Å². The minimum atomic E-state index is -0.515. The van der Waals surface area contributed by atoms with Gasteiger partial charge in [-0.3, -0.25) is 0 Å². The molecule has 2 saturated heterocycles. The molecule has 0 amide bonds. The number of ether oxygens (including phenoxy) is 2. The highest BCUT2D eigenvalue weighted by molar-refractivity contribution is 5.06. The van der Waals surface area contributed by atoms with E-state index in [4.69, 9.17) is 19.7 Å². The van der Waals surface area contributed by atoms with Gasteiger partial charge in [0.25, 0.3) is 0 Å². The molecule has 1 unspecified atom stereocenters. The molecule has 1 aromatic rings. The number of rotatable bonds is 2.